The molecule has 1 atom stereocenters. The van der Waals surface area contributed by atoms with Crippen molar-refractivity contribution >= 4 is 5.97 Å². The van der Waals surface area contributed by atoms with Gasteiger partial charge in [-0.3, -0.25) is 4.98 Å². The van der Waals surface area contributed by atoms with Crippen LogP contribution in [0.1, 0.15) is 57.8 Å². The first-order valence-corrected chi connectivity index (χ1v) is 10.5. The minimum absolute atomic E-state index is 0.297. The van der Waals surface area contributed by atoms with E-state index in [1.54, 1.807) is 18.5 Å². The summed E-state index contributed by atoms with van der Waals surface area (Å²) >= 11 is 0. The molecule has 2 aromatic carbocycles. The lowest BCUT2D eigenvalue weighted by atomic mass is 9.79. The van der Waals surface area contributed by atoms with Crippen LogP contribution < -0.4 is 4.74 Å². The fourth-order valence-corrected chi connectivity index (χ4v) is 4.32. The number of rotatable bonds is 6. The van der Waals surface area contributed by atoms with Crippen molar-refractivity contribution in [1.82, 2.24) is 4.98 Å². The number of hydrogen-bond acceptors (Lipinski definition) is 4. The van der Waals surface area contributed by atoms with E-state index in [-0.39, 0.29) is 5.97 Å². The molecule has 0 radical (unpaired) electrons. The van der Waals surface area contributed by atoms with Crippen LogP contribution in [0.3, 0.4) is 0 Å². The van der Waals surface area contributed by atoms with Gasteiger partial charge in [0.05, 0.1) is 12.7 Å². The highest BCUT2D eigenvalue weighted by Crippen LogP contribution is 2.37. The number of hydrogen-bond donors (Lipinski definition) is 0. The predicted molar refractivity (Wildman–Crippen MR) is 117 cm³/mol. The van der Waals surface area contributed by atoms with Crippen molar-refractivity contribution in [2.75, 3.05) is 7.11 Å². The fraction of sp³-hybridized carbons (Fsp3) is 0.308. The number of carbonyl (C=O) groups excluding carboxylic acids is 1. The minimum Gasteiger partial charge on any atom is -0.465 e. The van der Waals surface area contributed by atoms with Crippen LogP contribution in [-0.2, 0) is 17.6 Å². The molecule has 0 amide bonds. The Hall–Kier alpha value is -3.14. The standard InChI is InChI=1S/C26H27NO3/c1-18-6-3-4-9-25(18)30-22-12-13-23-19(7-5-8-20(23)16-22)10-11-21-17-27-15-14-24(21)26(28)29-2/h3-4,6,9,12-17,19H,5,7-8,10-11H2,1-2H3/t19-/m1/s1. The van der Waals surface area contributed by atoms with Gasteiger partial charge in [0, 0.05) is 12.4 Å². The van der Waals surface area contributed by atoms with Gasteiger partial charge in [0.1, 0.15) is 11.5 Å². The van der Waals surface area contributed by atoms with Crippen molar-refractivity contribution in [2.45, 2.75) is 44.9 Å². The number of pyridine rings is 1. The zero-order valence-electron chi connectivity index (χ0n) is 17.6. The van der Waals surface area contributed by atoms with E-state index >= 15 is 0 Å². The first-order chi connectivity index (χ1) is 14.7. The van der Waals surface area contributed by atoms with Crippen molar-refractivity contribution in [2.24, 2.45) is 0 Å². The molecule has 1 aromatic heterocycles. The lowest BCUT2D eigenvalue weighted by molar-refractivity contribution is 0.0599. The lowest BCUT2D eigenvalue weighted by Gasteiger charge is -2.26. The number of para-hydroxylation sites is 1. The van der Waals surface area contributed by atoms with Gasteiger partial charge in [0.25, 0.3) is 0 Å². The van der Waals surface area contributed by atoms with Gasteiger partial charge in [-0.25, -0.2) is 4.79 Å². The van der Waals surface area contributed by atoms with Gasteiger partial charge in [0.15, 0.2) is 0 Å². The summed E-state index contributed by atoms with van der Waals surface area (Å²) in [5.41, 5.74) is 5.48. The third-order valence-corrected chi connectivity index (χ3v) is 5.95. The van der Waals surface area contributed by atoms with Crippen LogP contribution in [0.2, 0.25) is 0 Å². The molecule has 3 aromatic rings. The maximum Gasteiger partial charge on any atom is 0.338 e. The monoisotopic (exact) mass is 401 g/mol. The summed E-state index contributed by atoms with van der Waals surface area (Å²) in [6, 6.07) is 16.3. The van der Waals surface area contributed by atoms with E-state index in [0.717, 1.165) is 41.9 Å². The highest BCUT2D eigenvalue weighted by Gasteiger charge is 2.22. The minimum atomic E-state index is -0.297. The molecule has 4 nitrogen and oxygen atoms in total. The molecule has 0 unspecified atom stereocenters. The highest BCUT2D eigenvalue weighted by molar-refractivity contribution is 5.90. The average molecular weight is 402 g/mol. The second-order valence-electron chi connectivity index (χ2n) is 7.88. The van der Waals surface area contributed by atoms with Gasteiger partial charge in [-0.2, -0.15) is 0 Å². The van der Waals surface area contributed by atoms with Crippen molar-refractivity contribution < 1.29 is 14.3 Å². The molecule has 154 valence electrons. The van der Waals surface area contributed by atoms with E-state index in [1.807, 2.05) is 18.2 Å². The number of carbonyl (C=O) groups is 1. The summed E-state index contributed by atoms with van der Waals surface area (Å²) in [5, 5.41) is 0. The highest BCUT2D eigenvalue weighted by atomic mass is 16.5. The Balaban J connectivity index is 1.50. The van der Waals surface area contributed by atoms with E-state index in [1.165, 1.54) is 31.1 Å². The Morgan fingerprint density at radius 1 is 1.17 bits per heavy atom. The molecule has 1 aliphatic rings. The van der Waals surface area contributed by atoms with Crippen LogP contribution in [0.5, 0.6) is 11.5 Å². The van der Waals surface area contributed by atoms with Gasteiger partial charge in [-0.15, -0.1) is 0 Å². The molecule has 0 aliphatic heterocycles. The van der Waals surface area contributed by atoms with Crippen LogP contribution in [0.4, 0.5) is 0 Å². The number of ether oxygens (including phenoxy) is 2. The van der Waals surface area contributed by atoms with Gasteiger partial charge < -0.3 is 9.47 Å². The summed E-state index contributed by atoms with van der Waals surface area (Å²) in [6.45, 7) is 2.06. The van der Waals surface area contributed by atoms with Gasteiger partial charge in [-0.1, -0.05) is 24.3 Å². The van der Waals surface area contributed by atoms with E-state index < -0.39 is 0 Å². The molecular formula is C26H27NO3. The van der Waals surface area contributed by atoms with Gasteiger partial charge in [0.2, 0.25) is 0 Å². The molecule has 0 fully saturated rings. The van der Waals surface area contributed by atoms with Crippen LogP contribution in [-0.4, -0.2) is 18.1 Å². The molecule has 4 heteroatoms. The summed E-state index contributed by atoms with van der Waals surface area (Å²) in [7, 11) is 1.42. The van der Waals surface area contributed by atoms with Gasteiger partial charge >= 0.3 is 5.97 Å². The fourth-order valence-electron chi connectivity index (χ4n) is 4.32. The molecule has 0 saturated carbocycles. The molecule has 30 heavy (non-hydrogen) atoms. The maximum absolute atomic E-state index is 12.0. The first-order valence-electron chi connectivity index (χ1n) is 10.5. The number of aromatic nitrogens is 1. The maximum atomic E-state index is 12.0. The normalized spacial score (nSPS) is 15.3. The summed E-state index contributed by atoms with van der Waals surface area (Å²) in [4.78, 5) is 16.2. The second-order valence-corrected chi connectivity index (χ2v) is 7.88. The summed E-state index contributed by atoms with van der Waals surface area (Å²) in [6.07, 6.45) is 8.64. The molecule has 0 bridgehead atoms. The molecule has 0 saturated heterocycles. The average Bonchev–Trinajstić information content (AvgIpc) is 2.78. The Morgan fingerprint density at radius 3 is 2.87 bits per heavy atom. The Kier molecular flexibility index (Phi) is 6.12. The van der Waals surface area contributed by atoms with Crippen molar-refractivity contribution in [3.8, 4) is 11.5 Å². The smallest absolute Gasteiger partial charge is 0.338 e. The number of esters is 1. The first kappa shape index (κ1) is 20.1. The number of aryl methyl sites for hydroxylation is 3. The third-order valence-electron chi connectivity index (χ3n) is 5.95. The van der Waals surface area contributed by atoms with Crippen LogP contribution in [0.25, 0.3) is 0 Å². The zero-order chi connectivity index (χ0) is 20.9. The molecular weight excluding hydrogens is 374 g/mol. The van der Waals surface area contributed by atoms with E-state index in [9.17, 15) is 4.79 Å². The topological polar surface area (TPSA) is 48.4 Å². The second kappa shape index (κ2) is 9.12. The number of methoxy groups -OCH3 is 1. The lowest BCUT2D eigenvalue weighted by Crippen LogP contribution is -2.12. The van der Waals surface area contributed by atoms with Gasteiger partial charge in [-0.05, 0) is 91.5 Å². The molecule has 4 rings (SSSR count). The number of benzene rings is 2. The largest absolute Gasteiger partial charge is 0.465 e. The van der Waals surface area contributed by atoms with Crippen molar-refractivity contribution in [3.05, 3.63) is 88.7 Å². The SMILES string of the molecule is COC(=O)c1ccncc1CC[C@H]1CCCc2cc(Oc3ccccc3C)ccc21. The zero-order valence-corrected chi connectivity index (χ0v) is 17.6. The summed E-state index contributed by atoms with van der Waals surface area (Å²) < 4.78 is 11.0. The molecule has 1 aliphatic carbocycles. The number of nitrogens with zero attached hydrogens (tertiary/aromatic N) is 1. The Labute approximate surface area is 177 Å². The Morgan fingerprint density at radius 2 is 2.03 bits per heavy atom. The molecule has 0 spiro atoms. The summed E-state index contributed by atoms with van der Waals surface area (Å²) in [5.74, 6) is 1.97. The molecule has 0 N–H and O–H groups in total. The molecule has 1 heterocycles. The van der Waals surface area contributed by atoms with Crippen LogP contribution in [0, 0.1) is 6.92 Å². The van der Waals surface area contributed by atoms with E-state index in [4.69, 9.17) is 9.47 Å². The van der Waals surface area contributed by atoms with Crippen molar-refractivity contribution in [1.29, 1.82) is 0 Å². The number of fused-ring (bicyclic) bond motifs is 1. The van der Waals surface area contributed by atoms with Crippen molar-refractivity contribution in [3.63, 3.8) is 0 Å². The predicted octanol–water partition coefficient (Wildman–Crippen LogP) is 6.02. The van der Waals surface area contributed by atoms with Crippen LogP contribution in [0.15, 0.2) is 60.9 Å². The quantitative estimate of drug-likeness (QED) is 0.474. The third kappa shape index (κ3) is 4.38. The van der Waals surface area contributed by atoms with E-state index in [2.05, 4.69) is 36.2 Å². The van der Waals surface area contributed by atoms with Crippen LogP contribution >= 0.6 is 0 Å². The Bertz CT molecular complexity index is 1040. The van der Waals surface area contributed by atoms with E-state index in [0.29, 0.717) is 11.5 Å².